The van der Waals surface area contributed by atoms with Crippen LogP contribution in [0.15, 0.2) is 28.7 Å². The quantitative estimate of drug-likeness (QED) is 0.585. The molecule has 0 saturated carbocycles. The van der Waals surface area contributed by atoms with Crippen LogP contribution in [0.3, 0.4) is 0 Å². The van der Waals surface area contributed by atoms with Crippen LogP contribution in [-0.4, -0.2) is 0 Å². The zero-order valence-corrected chi connectivity index (χ0v) is 14.3. The second-order valence-electron chi connectivity index (χ2n) is 4.26. The first-order valence-corrected chi connectivity index (χ1v) is 7.64. The van der Waals surface area contributed by atoms with Crippen molar-refractivity contribution in [3.05, 3.63) is 60.8 Å². The van der Waals surface area contributed by atoms with Crippen LogP contribution in [0.4, 0.5) is 10.1 Å². The summed E-state index contributed by atoms with van der Waals surface area (Å²) in [7, 11) is 0. The van der Waals surface area contributed by atoms with Crippen LogP contribution >= 0.6 is 50.7 Å². The lowest BCUT2D eigenvalue weighted by atomic mass is 10.1. The van der Waals surface area contributed by atoms with Gasteiger partial charge < -0.3 is 5.32 Å². The van der Waals surface area contributed by atoms with Gasteiger partial charge in [-0.05, 0) is 52.7 Å². The standard InChI is InChI=1S/C14H10BrCl3FN/c1-7-4-9(15)12(19)5-13(7)20-6-8-10(16)2-3-11(17)14(8)18/h2-5,20H,6H2,1H3. The number of anilines is 1. The summed E-state index contributed by atoms with van der Waals surface area (Å²) < 4.78 is 14.0. The normalized spacial score (nSPS) is 10.7. The number of benzene rings is 2. The number of nitrogens with one attached hydrogen (secondary N) is 1. The number of rotatable bonds is 3. The average Bonchev–Trinajstić information content (AvgIpc) is 2.40. The molecular formula is C14H10BrCl3FN. The lowest BCUT2D eigenvalue weighted by molar-refractivity contribution is 0.621. The van der Waals surface area contributed by atoms with Crippen molar-refractivity contribution < 1.29 is 4.39 Å². The molecule has 106 valence electrons. The molecule has 0 heterocycles. The molecule has 2 rings (SSSR count). The average molecular weight is 398 g/mol. The maximum atomic E-state index is 13.5. The topological polar surface area (TPSA) is 12.0 Å². The van der Waals surface area contributed by atoms with Gasteiger partial charge >= 0.3 is 0 Å². The summed E-state index contributed by atoms with van der Waals surface area (Å²) in [5.74, 6) is -0.332. The molecule has 2 aromatic carbocycles. The molecule has 0 aliphatic heterocycles. The minimum absolute atomic E-state index is 0.332. The Morgan fingerprint density at radius 3 is 2.50 bits per heavy atom. The Hall–Kier alpha value is -0.480. The van der Waals surface area contributed by atoms with Crippen molar-refractivity contribution in [2.45, 2.75) is 13.5 Å². The summed E-state index contributed by atoms with van der Waals surface area (Å²) in [6.07, 6.45) is 0. The number of aryl methyl sites for hydroxylation is 1. The maximum absolute atomic E-state index is 13.5. The van der Waals surface area contributed by atoms with E-state index in [0.717, 1.165) is 5.56 Å². The van der Waals surface area contributed by atoms with Gasteiger partial charge in [0, 0.05) is 22.8 Å². The first-order valence-electron chi connectivity index (χ1n) is 5.72. The van der Waals surface area contributed by atoms with E-state index in [1.54, 1.807) is 18.2 Å². The smallest absolute Gasteiger partial charge is 0.139 e. The lowest BCUT2D eigenvalue weighted by Crippen LogP contribution is -2.03. The third-order valence-corrected chi connectivity index (χ3v) is 4.67. The molecule has 0 bridgehead atoms. The maximum Gasteiger partial charge on any atom is 0.139 e. The summed E-state index contributed by atoms with van der Waals surface area (Å²) in [6, 6.07) is 6.45. The van der Waals surface area contributed by atoms with Crippen LogP contribution in [0.5, 0.6) is 0 Å². The molecule has 1 N–H and O–H groups in total. The Morgan fingerprint density at radius 1 is 1.15 bits per heavy atom. The van der Waals surface area contributed by atoms with Gasteiger partial charge in [0.1, 0.15) is 5.82 Å². The van der Waals surface area contributed by atoms with E-state index in [2.05, 4.69) is 21.2 Å². The van der Waals surface area contributed by atoms with E-state index in [9.17, 15) is 4.39 Å². The molecule has 0 saturated heterocycles. The van der Waals surface area contributed by atoms with Gasteiger partial charge in [-0.3, -0.25) is 0 Å². The molecular weight excluding hydrogens is 387 g/mol. The Kier molecular flexibility index (Phi) is 5.19. The summed E-state index contributed by atoms with van der Waals surface area (Å²) in [5.41, 5.74) is 2.27. The molecule has 1 nitrogen and oxygen atoms in total. The molecule has 6 heteroatoms. The molecule has 0 aliphatic carbocycles. The highest BCUT2D eigenvalue weighted by atomic mass is 79.9. The van der Waals surface area contributed by atoms with Crippen LogP contribution in [0.25, 0.3) is 0 Å². The third-order valence-electron chi connectivity index (χ3n) is 2.86. The van der Waals surface area contributed by atoms with Crippen LogP contribution in [0.1, 0.15) is 11.1 Å². The molecule has 0 aliphatic rings. The molecule has 0 unspecified atom stereocenters. The fraction of sp³-hybridized carbons (Fsp3) is 0.143. The predicted molar refractivity (Wildman–Crippen MR) is 87.6 cm³/mol. The van der Waals surface area contributed by atoms with Gasteiger partial charge in [-0.25, -0.2) is 4.39 Å². The summed E-state index contributed by atoms with van der Waals surface area (Å²) in [6.45, 7) is 2.24. The zero-order chi connectivity index (χ0) is 14.9. The molecule has 0 aromatic heterocycles. The largest absolute Gasteiger partial charge is 0.381 e. The number of halogens is 5. The second-order valence-corrected chi connectivity index (χ2v) is 6.30. The minimum Gasteiger partial charge on any atom is -0.381 e. The van der Waals surface area contributed by atoms with E-state index >= 15 is 0 Å². The fourth-order valence-electron chi connectivity index (χ4n) is 1.75. The van der Waals surface area contributed by atoms with Crippen LogP contribution < -0.4 is 5.32 Å². The molecule has 2 aromatic rings. The van der Waals surface area contributed by atoms with E-state index in [-0.39, 0.29) is 5.82 Å². The molecule has 0 spiro atoms. The van der Waals surface area contributed by atoms with Crippen molar-refractivity contribution in [2.24, 2.45) is 0 Å². The van der Waals surface area contributed by atoms with Crippen molar-refractivity contribution in [3.63, 3.8) is 0 Å². The van der Waals surface area contributed by atoms with Crippen molar-refractivity contribution in [2.75, 3.05) is 5.32 Å². The Balaban J connectivity index is 2.26. The van der Waals surface area contributed by atoms with Gasteiger partial charge in [-0.1, -0.05) is 34.8 Å². The van der Waals surface area contributed by atoms with E-state index in [0.29, 0.717) is 37.3 Å². The zero-order valence-electron chi connectivity index (χ0n) is 10.4. The van der Waals surface area contributed by atoms with Crippen LogP contribution in [0.2, 0.25) is 15.1 Å². The van der Waals surface area contributed by atoms with E-state index < -0.39 is 0 Å². The molecule has 20 heavy (non-hydrogen) atoms. The van der Waals surface area contributed by atoms with Crippen LogP contribution in [0, 0.1) is 12.7 Å². The van der Waals surface area contributed by atoms with E-state index in [1.807, 2.05) is 6.92 Å². The summed E-state index contributed by atoms with van der Waals surface area (Å²) in [4.78, 5) is 0. The minimum atomic E-state index is -0.332. The van der Waals surface area contributed by atoms with Crippen molar-refractivity contribution in [1.82, 2.24) is 0 Å². The Labute approximate surface area is 140 Å². The van der Waals surface area contributed by atoms with Crippen molar-refractivity contribution in [3.8, 4) is 0 Å². The molecule has 0 atom stereocenters. The first kappa shape index (κ1) is 15.9. The molecule has 0 fully saturated rings. The number of hydrogen-bond acceptors (Lipinski definition) is 1. The second kappa shape index (κ2) is 6.52. The fourth-order valence-corrected chi connectivity index (χ4v) is 2.89. The lowest BCUT2D eigenvalue weighted by Gasteiger charge is -2.13. The summed E-state index contributed by atoms with van der Waals surface area (Å²) in [5, 5.41) is 4.47. The van der Waals surface area contributed by atoms with Gasteiger partial charge in [-0.2, -0.15) is 0 Å². The Bertz CT molecular complexity index is 661. The van der Waals surface area contributed by atoms with Gasteiger partial charge in [0.05, 0.1) is 14.5 Å². The van der Waals surface area contributed by atoms with Gasteiger partial charge in [0.2, 0.25) is 0 Å². The van der Waals surface area contributed by atoms with Crippen LogP contribution in [-0.2, 0) is 6.54 Å². The van der Waals surface area contributed by atoms with E-state index in [1.165, 1.54) is 6.07 Å². The van der Waals surface area contributed by atoms with Gasteiger partial charge in [-0.15, -0.1) is 0 Å². The van der Waals surface area contributed by atoms with E-state index in [4.69, 9.17) is 34.8 Å². The monoisotopic (exact) mass is 395 g/mol. The highest BCUT2D eigenvalue weighted by Crippen LogP contribution is 2.32. The highest BCUT2D eigenvalue weighted by Gasteiger charge is 2.11. The number of hydrogen-bond donors (Lipinski definition) is 1. The first-order chi connectivity index (χ1) is 9.40. The third kappa shape index (κ3) is 3.40. The Morgan fingerprint density at radius 2 is 1.80 bits per heavy atom. The summed E-state index contributed by atoms with van der Waals surface area (Å²) >= 11 is 21.3. The highest BCUT2D eigenvalue weighted by molar-refractivity contribution is 9.10. The predicted octanol–water partition coefficient (Wildman–Crippen LogP) is 6.47. The molecule has 0 amide bonds. The van der Waals surface area contributed by atoms with Crippen molar-refractivity contribution in [1.29, 1.82) is 0 Å². The molecule has 0 radical (unpaired) electrons. The van der Waals surface area contributed by atoms with Gasteiger partial charge in [0.15, 0.2) is 0 Å². The van der Waals surface area contributed by atoms with Crippen molar-refractivity contribution >= 4 is 56.4 Å². The SMILES string of the molecule is Cc1cc(Br)c(F)cc1NCc1c(Cl)ccc(Cl)c1Cl. The van der Waals surface area contributed by atoms with Gasteiger partial charge in [0.25, 0.3) is 0 Å².